The Kier molecular flexibility index (Phi) is 9.21. The molecule has 1 aromatic heterocycles. The average Bonchev–Trinajstić information content (AvgIpc) is 3.19. The molecular weight excluding hydrogens is 466 g/mol. The standard InChI is InChI=1S/C23H29N3O3S2.ClH/c1-5-25(6-2)14-15-26(23-24-20-13-8-17(4)16-21(20)30-23)22(27)18-9-11-19(12-10-18)31(28,29)7-3;/h8-13,16H,5-7,14-15H2,1-4H3;1H. The first-order valence-electron chi connectivity index (χ1n) is 10.5. The van der Waals surface area contributed by atoms with E-state index in [4.69, 9.17) is 4.98 Å². The maximum Gasteiger partial charge on any atom is 0.260 e. The molecule has 0 saturated heterocycles. The zero-order chi connectivity index (χ0) is 22.6. The number of benzene rings is 2. The summed E-state index contributed by atoms with van der Waals surface area (Å²) in [6.45, 7) is 10.9. The van der Waals surface area contributed by atoms with Crippen LogP contribution in [0.3, 0.4) is 0 Å². The predicted octanol–water partition coefficient (Wildman–Crippen LogP) is 4.81. The predicted molar refractivity (Wildman–Crippen MR) is 135 cm³/mol. The molecule has 2 aromatic carbocycles. The minimum Gasteiger partial charge on any atom is -0.302 e. The largest absolute Gasteiger partial charge is 0.302 e. The zero-order valence-electron chi connectivity index (χ0n) is 18.9. The van der Waals surface area contributed by atoms with Crippen LogP contribution in [-0.4, -0.2) is 56.1 Å². The Morgan fingerprint density at radius 1 is 1.00 bits per heavy atom. The molecule has 3 aromatic rings. The lowest BCUT2D eigenvalue weighted by atomic mass is 10.2. The molecule has 0 atom stereocenters. The molecule has 1 amide bonds. The number of amides is 1. The number of fused-ring (bicyclic) bond motifs is 1. The van der Waals surface area contributed by atoms with Crippen molar-refractivity contribution in [3.63, 3.8) is 0 Å². The molecular formula is C23H30ClN3O3S2. The molecule has 0 spiro atoms. The SMILES string of the molecule is CCN(CC)CCN(C(=O)c1ccc(S(=O)(=O)CC)cc1)c1nc2ccc(C)cc2s1.Cl. The number of aromatic nitrogens is 1. The van der Waals surface area contributed by atoms with Crippen molar-refractivity contribution in [2.45, 2.75) is 32.6 Å². The Hall–Kier alpha value is -2.00. The molecule has 0 aliphatic heterocycles. The maximum absolute atomic E-state index is 13.4. The number of hydrogen-bond donors (Lipinski definition) is 0. The van der Waals surface area contributed by atoms with Crippen LogP contribution in [0.1, 0.15) is 36.7 Å². The third kappa shape index (κ3) is 5.86. The first kappa shape index (κ1) is 26.3. The number of aryl methyl sites for hydroxylation is 1. The number of carbonyl (C=O) groups excluding carboxylic acids is 1. The molecule has 0 N–H and O–H groups in total. The van der Waals surface area contributed by atoms with Gasteiger partial charge in [-0.1, -0.05) is 38.2 Å². The van der Waals surface area contributed by atoms with E-state index in [2.05, 4.69) is 24.8 Å². The van der Waals surface area contributed by atoms with E-state index in [0.717, 1.165) is 35.4 Å². The quantitative estimate of drug-likeness (QED) is 0.426. The lowest BCUT2D eigenvalue weighted by molar-refractivity contribution is 0.0983. The van der Waals surface area contributed by atoms with Gasteiger partial charge >= 0.3 is 0 Å². The highest BCUT2D eigenvalue weighted by Crippen LogP contribution is 2.30. The second-order valence-electron chi connectivity index (χ2n) is 7.38. The summed E-state index contributed by atoms with van der Waals surface area (Å²) in [5.74, 6) is -0.148. The number of halogens is 1. The Labute approximate surface area is 200 Å². The summed E-state index contributed by atoms with van der Waals surface area (Å²) in [6, 6.07) is 12.3. The highest BCUT2D eigenvalue weighted by Gasteiger charge is 2.22. The number of hydrogen-bond acceptors (Lipinski definition) is 6. The molecule has 174 valence electrons. The van der Waals surface area contributed by atoms with Crippen molar-refractivity contribution in [1.82, 2.24) is 9.88 Å². The molecule has 1 heterocycles. The van der Waals surface area contributed by atoms with Crippen LogP contribution in [0.5, 0.6) is 0 Å². The van der Waals surface area contributed by atoms with E-state index in [0.29, 0.717) is 17.2 Å². The summed E-state index contributed by atoms with van der Waals surface area (Å²) in [7, 11) is -3.30. The molecule has 0 unspecified atom stereocenters. The van der Waals surface area contributed by atoms with Crippen LogP contribution in [-0.2, 0) is 9.84 Å². The van der Waals surface area contributed by atoms with Gasteiger partial charge in [0, 0.05) is 18.7 Å². The topological polar surface area (TPSA) is 70.6 Å². The number of rotatable bonds is 9. The van der Waals surface area contributed by atoms with Crippen molar-refractivity contribution < 1.29 is 13.2 Å². The lowest BCUT2D eigenvalue weighted by Crippen LogP contribution is -2.38. The van der Waals surface area contributed by atoms with Crippen molar-refractivity contribution in [2.24, 2.45) is 0 Å². The Morgan fingerprint density at radius 2 is 1.66 bits per heavy atom. The Morgan fingerprint density at radius 3 is 2.25 bits per heavy atom. The van der Waals surface area contributed by atoms with Crippen molar-refractivity contribution >= 4 is 54.8 Å². The van der Waals surface area contributed by atoms with Gasteiger partial charge in [0.2, 0.25) is 0 Å². The highest BCUT2D eigenvalue weighted by molar-refractivity contribution is 7.91. The van der Waals surface area contributed by atoms with Gasteiger partial charge in [0.25, 0.3) is 5.91 Å². The molecule has 32 heavy (non-hydrogen) atoms. The molecule has 0 saturated carbocycles. The van der Waals surface area contributed by atoms with Gasteiger partial charge in [-0.25, -0.2) is 13.4 Å². The van der Waals surface area contributed by atoms with Crippen LogP contribution in [0, 0.1) is 6.92 Å². The fraction of sp³-hybridized carbons (Fsp3) is 0.391. The molecule has 0 aliphatic rings. The van der Waals surface area contributed by atoms with Gasteiger partial charge in [-0.15, -0.1) is 12.4 Å². The molecule has 3 rings (SSSR count). The third-order valence-electron chi connectivity index (χ3n) is 5.38. The van der Waals surface area contributed by atoms with E-state index in [1.807, 2.05) is 19.1 Å². The van der Waals surface area contributed by atoms with Crippen LogP contribution in [0.4, 0.5) is 5.13 Å². The van der Waals surface area contributed by atoms with Crippen molar-refractivity contribution in [3.05, 3.63) is 53.6 Å². The molecule has 0 aliphatic carbocycles. The smallest absolute Gasteiger partial charge is 0.260 e. The van der Waals surface area contributed by atoms with Crippen molar-refractivity contribution in [2.75, 3.05) is 36.8 Å². The minimum absolute atomic E-state index is 0. The maximum atomic E-state index is 13.4. The molecule has 0 fully saturated rings. The van der Waals surface area contributed by atoms with Gasteiger partial charge in [-0.05, 0) is 62.0 Å². The first-order chi connectivity index (χ1) is 14.8. The Balaban J connectivity index is 0.00000363. The summed E-state index contributed by atoms with van der Waals surface area (Å²) in [4.78, 5) is 22.3. The summed E-state index contributed by atoms with van der Waals surface area (Å²) in [6.07, 6.45) is 0. The number of nitrogens with zero attached hydrogens (tertiary/aromatic N) is 3. The summed E-state index contributed by atoms with van der Waals surface area (Å²) < 4.78 is 25.2. The van der Waals surface area contributed by atoms with Crippen LogP contribution in [0.15, 0.2) is 47.4 Å². The number of carbonyl (C=O) groups is 1. The minimum atomic E-state index is -3.30. The van der Waals surface area contributed by atoms with Crippen molar-refractivity contribution in [1.29, 1.82) is 0 Å². The molecule has 0 bridgehead atoms. The van der Waals surface area contributed by atoms with E-state index in [1.54, 1.807) is 24.0 Å². The van der Waals surface area contributed by atoms with E-state index >= 15 is 0 Å². The normalized spacial score (nSPS) is 11.5. The number of thiazole rings is 1. The fourth-order valence-corrected chi connectivity index (χ4v) is 5.30. The first-order valence-corrected chi connectivity index (χ1v) is 13.0. The van der Waals surface area contributed by atoms with Crippen molar-refractivity contribution in [3.8, 4) is 0 Å². The summed E-state index contributed by atoms with van der Waals surface area (Å²) in [5, 5.41) is 0.656. The number of sulfone groups is 1. The van der Waals surface area contributed by atoms with Gasteiger partial charge in [0.15, 0.2) is 15.0 Å². The summed E-state index contributed by atoms with van der Waals surface area (Å²) >= 11 is 1.50. The van der Waals surface area contributed by atoms with Gasteiger partial charge in [0.1, 0.15) is 0 Å². The van der Waals surface area contributed by atoms with Gasteiger partial charge in [-0.2, -0.15) is 0 Å². The zero-order valence-corrected chi connectivity index (χ0v) is 21.3. The van der Waals surface area contributed by atoms with E-state index in [9.17, 15) is 13.2 Å². The van der Waals surface area contributed by atoms with E-state index in [-0.39, 0.29) is 29.0 Å². The summed E-state index contributed by atoms with van der Waals surface area (Å²) in [5.41, 5.74) is 2.47. The van der Waals surface area contributed by atoms with Gasteiger partial charge in [-0.3, -0.25) is 9.69 Å². The second-order valence-corrected chi connectivity index (χ2v) is 10.7. The van der Waals surface area contributed by atoms with Gasteiger partial charge < -0.3 is 4.90 Å². The van der Waals surface area contributed by atoms with E-state index in [1.165, 1.54) is 23.5 Å². The molecule has 0 radical (unpaired) electrons. The van der Waals surface area contributed by atoms with E-state index < -0.39 is 9.84 Å². The number of anilines is 1. The second kappa shape index (κ2) is 11.2. The monoisotopic (exact) mass is 495 g/mol. The fourth-order valence-electron chi connectivity index (χ4n) is 3.33. The van der Waals surface area contributed by atoms with Gasteiger partial charge in [0.05, 0.1) is 20.9 Å². The highest BCUT2D eigenvalue weighted by atomic mass is 35.5. The lowest BCUT2D eigenvalue weighted by Gasteiger charge is -2.24. The van der Waals surface area contributed by atoms with Crippen LogP contribution in [0.2, 0.25) is 0 Å². The molecule has 6 nitrogen and oxygen atoms in total. The average molecular weight is 496 g/mol. The molecule has 9 heteroatoms. The van der Waals surface area contributed by atoms with Crippen LogP contribution >= 0.6 is 23.7 Å². The Bertz CT molecular complexity index is 1160. The van der Waals surface area contributed by atoms with Crippen LogP contribution < -0.4 is 4.90 Å². The third-order valence-corrected chi connectivity index (χ3v) is 8.18. The van der Waals surface area contributed by atoms with Crippen LogP contribution in [0.25, 0.3) is 10.2 Å². The number of likely N-dealkylation sites (N-methyl/N-ethyl adjacent to an activating group) is 1.